The Hall–Kier alpha value is -3.30. The van der Waals surface area contributed by atoms with Gasteiger partial charge >= 0.3 is 17.1 Å². The average molecular weight is 432 g/mol. The summed E-state index contributed by atoms with van der Waals surface area (Å²) in [6.45, 7) is -1.06. The highest BCUT2D eigenvalue weighted by Gasteiger charge is 2.42. The van der Waals surface area contributed by atoms with Gasteiger partial charge in [0.05, 0.1) is 14.8 Å². The number of aliphatic hydroxyl groups is 3. The number of hydrogen-bond donors (Lipinski definition) is 6. The first kappa shape index (κ1) is 24.7. The molecule has 1 aromatic carbocycles. The van der Waals surface area contributed by atoms with Crippen molar-refractivity contribution in [3.63, 3.8) is 0 Å². The molecule has 6 N–H and O–H groups in total. The molecular formula is C15H24N6O9. The summed E-state index contributed by atoms with van der Waals surface area (Å²) in [6.07, 6.45) is 0.351. The number of aliphatic hydroxyl groups excluding tert-OH is 3. The minimum Gasteiger partial charge on any atom is -0.396 e. The molecule has 15 heteroatoms. The van der Waals surface area contributed by atoms with E-state index in [9.17, 15) is 30.3 Å². The lowest BCUT2D eigenvalue weighted by Crippen LogP contribution is -2.16. The summed E-state index contributed by atoms with van der Waals surface area (Å²) in [6, 6.07) is 0. The molecule has 0 aliphatic rings. The van der Waals surface area contributed by atoms with Gasteiger partial charge < -0.3 is 31.3 Å². The lowest BCUT2D eigenvalue weighted by molar-refractivity contribution is -0.399. The van der Waals surface area contributed by atoms with Gasteiger partial charge in [-0.1, -0.05) is 0 Å². The van der Waals surface area contributed by atoms with E-state index in [1.807, 2.05) is 0 Å². The second kappa shape index (κ2) is 12.3. The highest BCUT2D eigenvalue weighted by Crippen LogP contribution is 2.52. The van der Waals surface area contributed by atoms with Crippen molar-refractivity contribution in [3.8, 4) is 0 Å². The zero-order valence-corrected chi connectivity index (χ0v) is 16.0. The predicted octanol–water partition coefficient (Wildman–Crippen LogP) is 0.794. The zero-order valence-electron chi connectivity index (χ0n) is 16.0. The van der Waals surface area contributed by atoms with E-state index in [0.717, 1.165) is 0 Å². The van der Waals surface area contributed by atoms with Gasteiger partial charge in [0.2, 0.25) is 0 Å². The molecule has 0 heterocycles. The van der Waals surface area contributed by atoms with Crippen LogP contribution in [0.5, 0.6) is 0 Å². The lowest BCUT2D eigenvalue weighted by atomic mass is 10.1. The van der Waals surface area contributed by atoms with Crippen LogP contribution in [0.15, 0.2) is 0 Å². The van der Waals surface area contributed by atoms with Crippen LogP contribution in [0.1, 0.15) is 19.3 Å². The molecule has 0 spiro atoms. The number of nitrogens with zero attached hydrogens (tertiary/aromatic N) is 3. The van der Waals surface area contributed by atoms with Crippen molar-refractivity contribution in [2.75, 3.05) is 55.4 Å². The van der Waals surface area contributed by atoms with Gasteiger partial charge in [-0.3, -0.25) is 30.3 Å². The second-order valence-corrected chi connectivity index (χ2v) is 5.95. The number of anilines is 3. The van der Waals surface area contributed by atoms with Crippen LogP contribution >= 0.6 is 0 Å². The zero-order chi connectivity index (χ0) is 22.7. The molecule has 0 atom stereocenters. The maximum absolute atomic E-state index is 11.8. The largest absolute Gasteiger partial charge is 0.396 e. The molecular weight excluding hydrogens is 408 g/mol. The molecule has 0 saturated carbocycles. The Bertz CT molecular complexity index is 652. The SMILES string of the molecule is O=[N+]([O-])c1c(NCCCO)c([N+](=O)[O-])c(NCCCO)c([N+](=O)[O-])c1NCCCO. The summed E-state index contributed by atoms with van der Waals surface area (Å²) in [7, 11) is 0. The van der Waals surface area contributed by atoms with Gasteiger partial charge in [0.15, 0.2) is 17.1 Å². The van der Waals surface area contributed by atoms with Crippen molar-refractivity contribution in [1.29, 1.82) is 0 Å². The fourth-order valence-corrected chi connectivity index (χ4v) is 2.64. The smallest absolute Gasteiger partial charge is 0.329 e. The Morgan fingerprint density at radius 2 is 0.800 bits per heavy atom. The van der Waals surface area contributed by atoms with Crippen molar-refractivity contribution in [2.24, 2.45) is 0 Å². The van der Waals surface area contributed by atoms with Gasteiger partial charge in [-0.25, -0.2) is 0 Å². The minimum absolute atomic E-state index is 0.0673. The van der Waals surface area contributed by atoms with E-state index in [-0.39, 0.29) is 58.7 Å². The third-order valence-corrected chi connectivity index (χ3v) is 3.88. The molecule has 0 saturated heterocycles. The van der Waals surface area contributed by atoms with Crippen LogP contribution in [-0.4, -0.2) is 69.5 Å². The van der Waals surface area contributed by atoms with E-state index >= 15 is 0 Å². The van der Waals surface area contributed by atoms with Crippen LogP contribution < -0.4 is 16.0 Å². The maximum Gasteiger partial charge on any atom is 0.329 e. The number of nitro benzene ring substituents is 3. The van der Waals surface area contributed by atoms with Crippen LogP contribution in [0.4, 0.5) is 34.1 Å². The van der Waals surface area contributed by atoms with Crippen molar-refractivity contribution in [3.05, 3.63) is 30.3 Å². The maximum atomic E-state index is 11.8. The van der Waals surface area contributed by atoms with Crippen molar-refractivity contribution >= 4 is 34.1 Å². The van der Waals surface area contributed by atoms with Gasteiger partial charge in [0.1, 0.15) is 0 Å². The first-order valence-corrected chi connectivity index (χ1v) is 9.03. The molecule has 0 aliphatic carbocycles. The molecule has 0 bridgehead atoms. The molecule has 1 rings (SSSR count). The summed E-state index contributed by atoms with van der Waals surface area (Å²) >= 11 is 0. The molecule has 0 aromatic heterocycles. The lowest BCUT2D eigenvalue weighted by Gasteiger charge is -2.16. The Kier molecular flexibility index (Phi) is 10.1. The van der Waals surface area contributed by atoms with Gasteiger partial charge in [-0.2, -0.15) is 0 Å². The number of benzene rings is 1. The van der Waals surface area contributed by atoms with Crippen LogP contribution in [-0.2, 0) is 0 Å². The van der Waals surface area contributed by atoms with E-state index in [2.05, 4.69) is 16.0 Å². The van der Waals surface area contributed by atoms with E-state index in [1.54, 1.807) is 0 Å². The first-order valence-electron chi connectivity index (χ1n) is 9.03. The normalized spacial score (nSPS) is 10.5. The number of hydrogen-bond acceptors (Lipinski definition) is 12. The van der Waals surface area contributed by atoms with Crippen LogP contribution in [0.3, 0.4) is 0 Å². The topological polar surface area (TPSA) is 226 Å². The fourth-order valence-electron chi connectivity index (χ4n) is 2.64. The highest BCUT2D eigenvalue weighted by atomic mass is 16.6. The Labute approximate surface area is 170 Å². The summed E-state index contributed by atoms with van der Waals surface area (Å²) in [5.74, 6) is 0. The Morgan fingerprint density at radius 1 is 0.567 bits per heavy atom. The molecule has 1 aromatic rings. The number of rotatable bonds is 15. The molecule has 0 fully saturated rings. The van der Waals surface area contributed by atoms with E-state index < -0.39 is 48.9 Å². The van der Waals surface area contributed by atoms with Crippen molar-refractivity contribution in [2.45, 2.75) is 19.3 Å². The van der Waals surface area contributed by atoms with Crippen molar-refractivity contribution in [1.82, 2.24) is 0 Å². The highest BCUT2D eigenvalue weighted by molar-refractivity contribution is 6.00. The monoisotopic (exact) mass is 432 g/mol. The Balaban J connectivity index is 3.86. The van der Waals surface area contributed by atoms with E-state index in [4.69, 9.17) is 15.3 Å². The van der Waals surface area contributed by atoms with Crippen LogP contribution in [0, 0.1) is 30.3 Å². The number of nitrogens with one attached hydrogen (secondary N) is 3. The summed E-state index contributed by atoms with van der Waals surface area (Å²) in [5, 5.41) is 69.7. The third kappa shape index (κ3) is 6.10. The van der Waals surface area contributed by atoms with Gasteiger partial charge in [0, 0.05) is 39.5 Å². The van der Waals surface area contributed by atoms with E-state index in [0.29, 0.717) is 0 Å². The molecule has 168 valence electrons. The summed E-state index contributed by atoms with van der Waals surface area (Å²) < 4.78 is 0. The molecule has 0 amide bonds. The molecule has 0 unspecified atom stereocenters. The third-order valence-electron chi connectivity index (χ3n) is 3.88. The average Bonchev–Trinajstić information content (AvgIpc) is 2.67. The molecule has 15 nitrogen and oxygen atoms in total. The van der Waals surface area contributed by atoms with Crippen molar-refractivity contribution < 1.29 is 30.1 Å². The van der Waals surface area contributed by atoms with E-state index in [1.165, 1.54) is 0 Å². The second-order valence-electron chi connectivity index (χ2n) is 5.95. The Morgan fingerprint density at radius 3 is 0.967 bits per heavy atom. The van der Waals surface area contributed by atoms with Crippen LogP contribution in [0.25, 0.3) is 0 Å². The summed E-state index contributed by atoms with van der Waals surface area (Å²) in [4.78, 5) is 32.4. The molecule has 30 heavy (non-hydrogen) atoms. The minimum atomic E-state index is -0.972. The summed E-state index contributed by atoms with van der Waals surface area (Å²) in [5.41, 5.74) is -4.34. The number of nitro groups is 3. The fraction of sp³-hybridized carbons (Fsp3) is 0.600. The van der Waals surface area contributed by atoms with Gasteiger partial charge in [0.25, 0.3) is 0 Å². The molecule has 0 radical (unpaired) electrons. The molecule has 0 aliphatic heterocycles. The van der Waals surface area contributed by atoms with Gasteiger partial charge in [-0.05, 0) is 19.3 Å². The predicted molar refractivity (Wildman–Crippen MR) is 107 cm³/mol. The first-order chi connectivity index (χ1) is 14.3. The standard InChI is InChI=1S/C15H24N6O9/c22-7-1-4-16-10-13(19(25)26)11(17-5-2-8-23)15(21(29)30)12(14(10)20(27)28)18-6-3-9-24/h16-18,22-24H,1-9H2. The quantitative estimate of drug-likeness (QED) is 0.128. The van der Waals surface area contributed by atoms with Gasteiger partial charge in [-0.15, -0.1) is 0 Å². The van der Waals surface area contributed by atoms with Crippen LogP contribution in [0.2, 0.25) is 0 Å².